The number of furan rings is 1. The van der Waals surface area contributed by atoms with Crippen LogP contribution >= 0.6 is 11.6 Å². The van der Waals surface area contributed by atoms with E-state index < -0.39 is 11.8 Å². The molecule has 0 radical (unpaired) electrons. The molecule has 0 unspecified atom stereocenters. The maximum atomic E-state index is 13.1. The fourth-order valence-corrected chi connectivity index (χ4v) is 1.73. The quantitative estimate of drug-likeness (QED) is 0.893. The highest BCUT2D eigenvalue weighted by Gasteiger charge is 2.12. The fourth-order valence-electron chi connectivity index (χ4n) is 1.51. The van der Waals surface area contributed by atoms with Crippen molar-refractivity contribution in [3.63, 3.8) is 0 Å². The van der Waals surface area contributed by atoms with Gasteiger partial charge < -0.3 is 14.8 Å². The molecule has 1 aromatic carbocycles. The zero-order valence-corrected chi connectivity index (χ0v) is 9.87. The predicted molar refractivity (Wildman–Crippen MR) is 64.4 cm³/mol. The number of nitrogens with one attached hydrogen (secondary N) is 1. The summed E-state index contributed by atoms with van der Waals surface area (Å²) in [5.74, 6) is -1.27. The van der Waals surface area contributed by atoms with E-state index in [1.165, 1.54) is 30.5 Å². The van der Waals surface area contributed by atoms with Crippen LogP contribution in [0.15, 0.2) is 34.9 Å². The van der Waals surface area contributed by atoms with Gasteiger partial charge in [-0.3, -0.25) is 0 Å². The Bertz CT molecular complexity index is 562. The highest BCUT2D eigenvalue weighted by Crippen LogP contribution is 2.19. The molecule has 0 fully saturated rings. The Morgan fingerprint density at radius 1 is 1.44 bits per heavy atom. The Labute approximate surface area is 107 Å². The summed E-state index contributed by atoms with van der Waals surface area (Å²) in [7, 11) is 0. The van der Waals surface area contributed by atoms with Gasteiger partial charge in [-0.25, -0.2) is 9.18 Å². The first-order valence-corrected chi connectivity index (χ1v) is 5.43. The number of carboxylic acid groups (broad SMARTS) is 1. The lowest BCUT2D eigenvalue weighted by atomic mass is 10.2. The number of benzene rings is 1. The zero-order valence-electron chi connectivity index (χ0n) is 9.11. The van der Waals surface area contributed by atoms with Crippen LogP contribution in [0.3, 0.4) is 0 Å². The van der Waals surface area contributed by atoms with E-state index in [0.29, 0.717) is 5.69 Å². The Morgan fingerprint density at radius 2 is 2.22 bits per heavy atom. The van der Waals surface area contributed by atoms with Gasteiger partial charge in [0.25, 0.3) is 0 Å². The topological polar surface area (TPSA) is 62.5 Å². The first kappa shape index (κ1) is 12.4. The van der Waals surface area contributed by atoms with Crippen molar-refractivity contribution in [2.75, 3.05) is 5.32 Å². The van der Waals surface area contributed by atoms with Gasteiger partial charge in [0, 0.05) is 10.7 Å². The molecule has 0 atom stereocenters. The van der Waals surface area contributed by atoms with E-state index in [-0.39, 0.29) is 22.9 Å². The summed E-state index contributed by atoms with van der Waals surface area (Å²) in [6, 6.07) is 5.34. The van der Waals surface area contributed by atoms with E-state index in [1.54, 1.807) is 0 Å². The second kappa shape index (κ2) is 5.10. The minimum absolute atomic E-state index is 0.0741. The van der Waals surface area contributed by atoms with Gasteiger partial charge in [0.15, 0.2) is 0 Å². The predicted octanol–water partition coefficient (Wildman–Crippen LogP) is 3.38. The van der Waals surface area contributed by atoms with E-state index in [0.717, 1.165) is 0 Å². The molecular weight excluding hydrogens is 261 g/mol. The Hall–Kier alpha value is -2.01. The first-order chi connectivity index (χ1) is 8.56. The lowest BCUT2D eigenvalue weighted by Crippen LogP contribution is -2.04. The van der Waals surface area contributed by atoms with Crippen molar-refractivity contribution < 1.29 is 18.7 Å². The Balaban J connectivity index is 2.11. The Kier molecular flexibility index (Phi) is 3.53. The van der Waals surface area contributed by atoms with Crippen LogP contribution < -0.4 is 5.32 Å². The van der Waals surface area contributed by atoms with Crippen molar-refractivity contribution in [2.24, 2.45) is 0 Å². The molecule has 1 aromatic heterocycles. The fraction of sp³-hybridized carbons (Fsp3) is 0.0833. The number of aromatic carboxylic acids is 1. The minimum Gasteiger partial charge on any atom is -0.478 e. The van der Waals surface area contributed by atoms with Crippen molar-refractivity contribution in [2.45, 2.75) is 6.54 Å². The van der Waals surface area contributed by atoms with Gasteiger partial charge in [-0.05, 0) is 24.3 Å². The molecule has 2 N–H and O–H groups in total. The molecule has 0 amide bonds. The maximum Gasteiger partial charge on any atom is 0.339 e. The molecule has 0 saturated heterocycles. The van der Waals surface area contributed by atoms with Crippen LogP contribution in [0.1, 0.15) is 16.1 Å². The third kappa shape index (κ3) is 2.81. The van der Waals surface area contributed by atoms with Gasteiger partial charge in [0.2, 0.25) is 0 Å². The summed E-state index contributed by atoms with van der Waals surface area (Å²) in [6.45, 7) is 0.133. The SMILES string of the molecule is O=C(O)c1ccoc1CNc1cc(F)cc(Cl)c1. The minimum atomic E-state index is -1.07. The average molecular weight is 270 g/mol. The molecule has 0 aliphatic heterocycles. The number of anilines is 1. The zero-order chi connectivity index (χ0) is 13.1. The molecule has 94 valence electrons. The number of halogens is 2. The second-order valence-corrected chi connectivity index (χ2v) is 4.01. The molecule has 6 heteroatoms. The average Bonchev–Trinajstić information content (AvgIpc) is 2.73. The van der Waals surface area contributed by atoms with Crippen LogP contribution in [0.25, 0.3) is 0 Å². The molecule has 1 heterocycles. The highest BCUT2D eigenvalue weighted by atomic mass is 35.5. The molecule has 0 aliphatic carbocycles. The van der Waals surface area contributed by atoms with Crippen molar-refractivity contribution in [1.82, 2.24) is 0 Å². The third-order valence-electron chi connectivity index (χ3n) is 2.29. The molecule has 0 bridgehead atoms. The van der Waals surface area contributed by atoms with Crippen molar-refractivity contribution >= 4 is 23.3 Å². The Morgan fingerprint density at radius 3 is 2.89 bits per heavy atom. The smallest absolute Gasteiger partial charge is 0.339 e. The first-order valence-electron chi connectivity index (χ1n) is 5.06. The number of rotatable bonds is 4. The molecule has 18 heavy (non-hydrogen) atoms. The normalized spacial score (nSPS) is 10.3. The van der Waals surface area contributed by atoms with Crippen LogP contribution in [0, 0.1) is 5.82 Å². The monoisotopic (exact) mass is 269 g/mol. The summed E-state index contributed by atoms with van der Waals surface area (Å²) in [5.41, 5.74) is 0.526. The molecule has 0 saturated carbocycles. The van der Waals surface area contributed by atoms with Gasteiger partial charge in [0.1, 0.15) is 17.1 Å². The van der Waals surface area contributed by atoms with Gasteiger partial charge >= 0.3 is 5.97 Å². The van der Waals surface area contributed by atoms with E-state index in [2.05, 4.69) is 5.32 Å². The van der Waals surface area contributed by atoms with Gasteiger partial charge in [-0.1, -0.05) is 11.6 Å². The van der Waals surface area contributed by atoms with Crippen LogP contribution in [0.5, 0.6) is 0 Å². The van der Waals surface area contributed by atoms with Crippen LogP contribution in [0.4, 0.5) is 10.1 Å². The van der Waals surface area contributed by atoms with Gasteiger partial charge in [-0.15, -0.1) is 0 Å². The maximum absolute atomic E-state index is 13.1. The number of carbonyl (C=O) groups is 1. The largest absolute Gasteiger partial charge is 0.478 e. The molecule has 4 nitrogen and oxygen atoms in total. The molecule has 0 spiro atoms. The van der Waals surface area contributed by atoms with Gasteiger partial charge in [-0.2, -0.15) is 0 Å². The summed E-state index contributed by atoms with van der Waals surface area (Å²) < 4.78 is 18.1. The van der Waals surface area contributed by atoms with Crippen molar-refractivity contribution in [1.29, 1.82) is 0 Å². The van der Waals surface area contributed by atoms with Crippen molar-refractivity contribution in [3.05, 3.63) is 52.7 Å². The summed E-state index contributed by atoms with van der Waals surface area (Å²) in [6.07, 6.45) is 1.29. The highest BCUT2D eigenvalue weighted by molar-refractivity contribution is 6.30. The number of carboxylic acids is 1. The second-order valence-electron chi connectivity index (χ2n) is 3.57. The summed E-state index contributed by atoms with van der Waals surface area (Å²) in [5, 5.41) is 12.0. The van der Waals surface area contributed by atoms with E-state index in [9.17, 15) is 9.18 Å². The summed E-state index contributed by atoms with van der Waals surface area (Å²) >= 11 is 5.69. The van der Waals surface area contributed by atoms with Crippen molar-refractivity contribution in [3.8, 4) is 0 Å². The third-order valence-corrected chi connectivity index (χ3v) is 2.51. The van der Waals surface area contributed by atoms with Gasteiger partial charge in [0.05, 0.1) is 12.8 Å². The summed E-state index contributed by atoms with van der Waals surface area (Å²) in [4.78, 5) is 10.8. The standard InChI is InChI=1S/C12H9ClFNO3/c13-7-3-8(14)5-9(4-7)15-6-11-10(12(16)17)1-2-18-11/h1-5,15H,6H2,(H,16,17). The lowest BCUT2D eigenvalue weighted by Gasteiger charge is -2.06. The van der Waals surface area contributed by atoms with E-state index >= 15 is 0 Å². The van der Waals surface area contributed by atoms with Crippen LogP contribution in [-0.2, 0) is 6.54 Å². The van der Waals surface area contributed by atoms with Crippen LogP contribution in [0.2, 0.25) is 5.02 Å². The van der Waals surface area contributed by atoms with E-state index in [1.807, 2.05) is 0 Å². The number of hydrogen-bond acceptors (Lipinski definition) is 3. The lowest BCUT2D eigenvalue weighted by molar-refractivity contribution is 0.0694. The molecular formula is C12H9ClFNO3. The molecule has 0 aliphatic rings. The van der Waals surface area contributed by atoms with E-state index in [4.69, 9.17) is 21.1 Å². The number of hydrogen-bond donors (Lipinski definition) is 2. The van der Waals surface area contributed by atoms with Crippen LogP contribution in [-0.4, -0.2) is 11.1 Å². The molecule has 2 rings (SSSR count). The molecule has 2 aromatic rings.